The van der Waals surface area contributed by atoms with Crippen LogP contribution in [0.15, 0.2) is 36.4 Å². The Morgan fingerprint density at radius 3 is 2.78 bits per heavy atom. The summed E-state index contributed by atoms with van der Waals surface area (Å²) in [6, 6.07) is 12.2. The molecule has 27 heavy (non-hydrogen) atoms. The summed E-state index contributed by atoms with van der Waals surface area (Å²) in [5, 5.41) is 9.53. The monoisotopic (exact) mass is 386 g/mol. The number of rotatable bonds is 7. The van der Waals surface area contributed by atoms with Gasteiger partial charge in [-0.15, -0.1) is 0 Å². The Hall–Kier alpha value is -2.04. The molecule has 2 aromatic rings. The van der Waals surface area contributed by atoms with Crippen LogP contribution in [-0.4, -0.2) is 23.8 Å². The predicted octanol–water partition coefficient (Wildman–Crippen LogP) is 4.75. The van der Waals surface area contributed by atoms with E-state index in [1.165, 1.54) is 29.5 Å². The third kappa shape index (κ3) is 4.45. The van der Waals surface area contributed by atoms with Crippen LogP contribution in [0.5, 0.6) is 5.75 Å². The molecule has 1 atom stereocenters. The molecule has 4 nitrogen and oxygen atoms in total. The molecule has 0 heterocycles. The van der Waals surface area contributed by atoms with Gasteiger partial charge in [0, 0.05) is 10.6 Å². The molecule has 2 aliphatic rings. The molecule has 0 radical (unpaired) electrons. The van der Waals surface area contributed by atoms with Gasteiger partial charge in [0.2, 0.25) is 0 Å². The summed E-state index contributed by atoms with van der Waals surface area (Å²) in [7, 11) is 0. The molecule has 0 amide bonds. The Morgan fingerprint density at radius 2 is 2.00 bits per heavy atom. The Bertz CT molecular complexity index is 844. The van der Waals surface area contributed by atoms with Gasteiger partial charge in [0.1, 0.15) is 19.0 Å². The fraction of sp³-hybridized carbons (Fsp3) is 0.409. The maximum atomic E-state index is 10.7. The highest BCUT2D eigenvalue weighted by molar-refractivity contribution is 6.31. The van der Waals surface area contributed by atoms with Crippen LogP contribution < -0.4 is 4.74 Å². The molecule has 0 spiro atoms. The van der Waals surface area contributed by atoms with Crippen molar-refractivity contribution in [1.82, 2.24) is 0 Å². The summed E-state index contributed by atoms with van der Waals surface area (Å²) < 4.78 is 11.5. The van der Waals surface area contributed by atoms with E-state index in [0.29, 0.717) is 12.5 Å². The molecule has 1 saturated carbocycles. The zero-order valence-corrected chi connectivity index (χ0v) is 15.9. The van der Waals surface area contributed by atoms with E-state index in [1.54, 1.807) is 0 Å². The number of halogens is 1. The summed E-state index contributed by atoms with van der Waals surface area (Å²) >= 11 is 6.42. The number of hydrogen-bond acceptors (Lipinski definition) is 3. The number of carboxylic acids is 1. The molecule has 4 rings (SSSR count). The summed E-state index contributed by atoms with van der Waals surface area (Å²) in [5.41, 5.74) is 4.88. The molecular formula is C22H23ClO4. The van der Waals surface area contributed by atoms with Gasteiger partial charge in [0.25, 0.3) is 0 Å². The SMILES string of the molecule is O=C(O)COC1CCc2cc(OCc3c(Cl)cccc3C3CC3)ccc2C1. The van der Waals surface area contributed by atoms with Gasteiger partial charge in [-0.05, 0) is 72.9 Å². The first-order valence-electron chi connectivity index (χ1n) is 9.45. The minimum absolute atomic E-state index is 0.0235. The average molecular weight is 387 g/mol. The molecular weight excluding hydrogens is 364 g/mol. The number of hydrogen-bond donors (Lipinski definition) is 1. The quantitative estimate of drug-likeness (QED) is 0.745. The fourth-order valence-electron chi connectivity index (χ4n) is 3.78. The molecule has 1 unspecified atom stereocenters. The lowest BCUT2D eigenvalue weighted by Gasteiger charge is -2.25. The highest BCUT2D eigenvalue weighted by Gasteiger charge is 2.27. The average Bonchev–Trinajstić information content (AvgIpc) is 3.50. The Kier molecular flexibility index (Phi) is 5.37. The zero-order chi connectivity index (χ0) is 18.8. The van der Waals surface area contributed by atoms with Gasteiger partial charge in [-0.2, -0.15) is 0 Å². The van der Waals surface area contributed by atoms with Crippen LogP contribution >= 0.6 is 11.6 Å². The van der Waals surface area contributed by atoms with E-state index in [0.717, 1.165) is 35.6 Å². The molecule has 0 aliphatic heterocycles. The third-order valence-corrected chi connectivity index (χ3v) is 5.71. The largest absolute Gasteiger partial charge is 0.489 e. The van der Waals surface area contributed by atoms with Crippen LogP contribution in [0.25, 0.3) is 0 Å². The molecule has 0 aromatic heterocycles. The first-order valence-corrected chi connectivity index (χ1v) is 9.83. The van der Waals surface area contributed by atoms with Crippen LogP contribution in [-0.2, 0) is 29.0 Å². The van der Waals surface area contributed by atoms with Gasteiger partial charge in [-0.25, -0.2) is 4.79 Å². The lowest BCUT2D eigenvalue weighted by atomic mass is 9.89. The van der Waals surface area contributed by atoms with Crippen LogP contribution in [0.2, 0.25) is 5.02 Å². The maximum absolute atomic E-state index is 10.7. The standard InChI is InChI=1S/C22H23ClO4/c23-21-3-1-2-19(14-4-5-14)20(21)12-26-17-8-6-16-11-18(27-13-22(24)25)9-7-15(16)10-17/h1-3,6,8,10,14,18H,4-5,7,9,11-13H2,(H,24,25). The van der Waals surface area contributed by atoms with E-state index in [-0.39, 0.29) is 12.7 Å². The van der Waals surface area contributed by atoms with Crippen LogP contribution in [0, 0.1) is 0 Å². The molecule has 5 heteroatoms. The number of carboxylic acid groups (broad SMARTS) is 1. The third-order valence-electron chi connectivity index (χ3n) is 5.36. The van der Waals surface area contributed by atoms with Crippen LogP contribution in [0.3, 0.4) is 0 Å². The normalized spacial score (nSPS) is 18.8. The van der Waals surface area contributed by atoms with Crippen molar-refractivity contribution < 1.29 is 19.4 Å². The summed E-state index contributed by atoms with van der Waals surface area (Å²) in [4.78, 5) is 10.7. The number of aliphatic carboxylic acids is 1. The number of fused-ring (bicyclic) bond motifs is 1. The Balaban J connectivity index is 1.41. The zero-order valence-electron chi connectivity index (χ0n) is 15.1. The van der Waals surface area contributed by atoms with Crippen LogP contribution in [0.4, 0.5) is 0 Å². The summed E-state index contributed by atoms with van der Waals surface area (Å²) in [5.74, 6) is 0.559. The lowest BCUT2D eigenvalue weighted by Crippen LogP contribution is -2.25. The van der Waals surface area contributed by atoms with Gasteiger partial charge in [0.15, 0.2) is 0 Å². The van der Waals surface area contributed by atoms with Gasteiger partial charge in [-0.1, -0.05) is 29.8 Å². The Labute approximate surface area is 164 Å². The number of ether oxygens (including phenoxy) is 2. The molecule has 0 bridgehead atoms. The number of carbonyl (C=O) groups is 1. The topological polar surface area (TPSA) is 55.8 Å². The van der Waals surface area contributed by atoms with Crippen LogP contribution in [0.1, 0.15) is 47.4 Å². The van der Waals surface area contributed by atoms with Crippen molar-refractivity contribution in [3.63, 3.8) is 0 Å². The van der Waals surface area contributed by atoms with Crippen molar-refractivity contribution in [2.75, 3.05) is 6.61 Å². The van der Waals surface area contributed by atoms with Crippen molar-refractivity contribution in [3.8, 4) is 5.75 Å². The van der Waals surface area contributed by atoms with Gasteiger partial charge < -0.3 is 14.6 Å². The molecule has 0 saturated heterocycles. The highest BCUT2D eigenvalue weighted by Crippen LogP contribution is 2.43. The lowest BCUT2D eigenvalue weighted by molar-refractivity contribution is -0.144. The first-order chi connectivity index (χ1) is 13.1. The smallest absolute Gasteiger partial charge is 0.329 e. The second-order valence-electron chi connectivity index (χ2n) is 7.37. The van der Waals surface area contributed by atoms with Crippen molar-refractivity contribution in [1.29, 1.82) is 0 Å². The van der Waals surface area contributed by atoms with E-state index < -0.39 is 5.97 Å². The van der Waals surface area contributed by atoms with Gasteiger partial charge in [0.05, 0.1) is 6.10 Å². The second kappa shape index (κ2) is 7.91. The van der Waals surface area contributed by atoms with Gasteiger partial charge in [-0.3, -0.25) is 0 Å². The van der Waals surface area contributed by atoms with E-state index in [1.807, 2.05) is 18.2 Å². The Morgan fingerprint density at radius 1 is 1.15 bits per heavy atom. The van der Waals surface area contributed by atoms with Crippen molar-refractivity contribution in [2.45, 2.75) is 50.7 Å². The summed E-state index contributed by atoms with van der Waals surface area (Å²) in [6.45, 7) is 0.247. The van der Waals surface area contributed by atoms with Gasteiger partial charge >= 0.3 is 5.97 Å². The molecule has 142 valence electrons. The van der Waals surface area contributed by atoms with Crippen molar-refractivity contribution in [2.24, 2.45) is 0 Å². The van der Waals surface area contributed by atoms with Crippen molar-refractivity contribution in [3.05, 3.63) is 63.7 Å². The fourth-order valence-corrected chi connectivity index (χ4v) is 4.02. The van der Waals surface area contributed by atoms with E-state index >= 15 is 0 Å². The molecule has 1 N–H and O–H groups in total. The van der Waals surface area contributed by atoms with E-state index in [2.05, 4.69) is 18.2 Å². The van der Waals surface area contributed by atoms with E-state index in [4.69, 9.17) is 26.2 Å². The molecule has 2 aromatic carbocycles. The minimum atomic E-state index is -0.922. The molecule has 1 fully saturated rings. The highest BCUT2D eigenvalue weighted by atomic mass is 35.5. The number of benzene rings is 2. The van der Waals surface area contributed by atoms with E-state index in [9.17, 15) is 4.79 Å². The molecule has 2 aliphatic carbocycles. The minimum Gasteiger partial charge on any atom is -0.489 e. The second-order valence-corrected chi connectivity index (χ2v) is 7.78. The maximum Gasteiger partial charge on any atom is 0.329 e. The summed E-state index contributed by atoms with van der Waals surface area (Å²) in [6.07, 6.45) is 4.90. The van der Waals surface area contributed by atoms with Crippen molar-refractivity contribution >= 4 is 17.6 Å². The first kappa shape index (κ1) is 18.3. The predicted molar refractivity (Wildman–Crippen MR) is 104 cm³/mol. The number of aryl methyl sites for hydroxylation is 1.